The zero-order chi connectivity index (χ0) is 12.4. The minimum atomic E-state index is 0.267. The van der Waals surface area contributed by atoms with Crippen LogP contribution in [0.1, 0.15) is 38.2 Å². The molecule has 17 heavy (non-hydrogen) atoms. The highest BCUT2D eigenvalue weighted by atomic mass is 16.1. The van der Waals surface area contributed by atoms with E-state index in [4.69, 9.17) is 0 Å². The molecule has 0 fully saturated rings. The molecular formula is C15H19NO. The Morgan fingerprint density at radius 2 is 2.12 bits per heavy atom. The zero-order valence-corrected chi connectivity index (χ0v) is 10.7. The quantitative estimate of drug-likeness (QED) is 0.784. The molecule has 0 spiro atoms. The van der Waals surface area contributed by atoms with Crippen molar-refractivity contribution in [3.63, 3.8) is 0 Å². The Bertz CT molecular complexity index is 539. The third-order valence-electron chi connectivity index (χ3n) is 3.41. The van der Waals surface area contributed by atoms with Crippen molar-refractivity contribution in [2.75, 3.05) is 0 Å². The first-order valence-corrected chi connectivity index (χ1v) is 6.16. The van der Waals surface area contributed by atoms with Gasteiger partial charge in [-0.1, -0.05) is 19.1 Å². The first kappa shape index (κ1) is 11.9. The first-order chi connectivity index (χ1) is 8.11. The third kappa shape index (κ3) is 2.41. The molecule has 0 amide bonds. The number of ketones is 1. The van der Waals surface area contributed by atoms with Crippen LogP contribution in [0.2, 0.25) is 0 Å². The van der Waals surface area contributed by atoms with Crippen molar-refractivity contribution < 1.29 is 4.79 Å². The lowest BCUT2D eigenvalue weighted by molar-refractivity contribution is -0.117. The van der Waals surface area contributed by atoms with Crippen LogP contribution in [0, 0.1) is 0 Å². The molecule has 0 saturated carbocycles. The second-order valence-electron chi connectivity index (χ2n) is 4.76. The van der Waals surface area contributed by atoms with E-state index in [1.54, 1.807) is 6.92 Å². The zero-order valence-electron chi connectivity index (χ0n) is 10.7. The predicted molar refractivity (Wildman–Crippen MR) is 71.2 cm³/mol. The average molecular weight is 229 g/mol. The van der Waals surface area contributed by atoms with E-state index in [0.29, 0.717) is 12.3 Å². The number of carbonyl (C=O) groups excluding carboxylic acids is 1. The SMILES string of the molecule is CCC(CC(C)=O)c1ccc2ccn(C)c2c1. The highest BCUT2D eigenvalue weighted by molar-refractivity contribution is 5.81. The van der Waals surface area contributed by atoms with E-state index < -0.39 is 0 Å². The molecule has 2 nitrogen and oxygen atoms in total. The molecule has 0 N–H and O–H groups in total. The molecule has 0 bridgehead atoms. The van der Waals surface area contributed by atoms with Gasteiger partial charge in [0.2, 0.25) is 0 Å². The van der Waals surface area contributed by atoms with E-state index in [0.717, 1.165) is 6.42 Å². The van der Waals surface area contributed by atoms with Crippen molar-refractivity contribution in [3.05, 3.63) is 36.0 Å². The van der Waals surface area contributed by atoms with Crippen molar-refractivity contribution in [2.24, 2.45) is 7.05 Å². The number of aryl methyl sites for hydroxylation is 1. The molecule has 1 heterocycles. The van der Waals surface area contributed by atoms with Crippen LogP contribution >= 0.6 is 0 Å². The summed E-state index contributed by atoms with van der Waals surface area (Å²) >= 11 is 0. The lowest BCUT2D eigenvalue weighted by atomic mass is 9.91. The Kier molecular flexibility index (Phi) is 3.32. The van der Waals surface area contributed by atoms with Crippen LogP contribution in [-0.4, -0.2) is 10.4 Å². The third-order valence-corrected chi connectivity index (χ3v) is 3.41. The molecule has 0 radical (unpaired) electrons. The molecule has 1 aromatic heterocycles. The molecule has 0 saturated heterocycles. The van der Waals surface area contributed by atoms with Gasteiger partial charge in [-0.25, -0.2) is 0 Å². The van der Waals surface area contributed by atoms with Crippen LogP contribution in [0.5, 0.6) is 0 Å². The molecule has 0 aliphatic heterocycles. The monoisotopic (exact) mass is 229 g/mol. The number of hydrogen-bond acceptors (Lipinski definition) is 1. The summed E-state index contributed by atoms with van der Waals surface area (Å²) in [7, 11) is 2.05. The van der Waals surface area contributed by atoms with Crippen molar-refractivity contribution in [3.8, 4) is 0 Å². The maximum Gasteiger partial charge on any atom is 0.130 e. The molecule has 1 unspecified atom stereocenters. The molecule has 2 aromatic rings. The Balaban J connectivity index is 2.39. The van der Waals surface area contributed by atoms with Gasteiger partial charge in [0.1, 0.15) is 5.78 Å². The maximum atomic E-state index is 11.3. The van der Waals surface area contributed by atoms with Gasteiger partial charge in [-0.2, -0.15) is 0 Å². The van der Waals surface area contributed by atoms with Gasteiger partial charge >= 0.3 is 0 Å². The summed E-state index contributed by atoms with van der Waals surface area (Å²) in [5.41, 5.74) is 2.52. The Labute approximate surface area is 102 Å². The molecule has 90 valence electrons. The van der Waals surface area contributed by atoms with Gasteiger partial charge in [0.05, 0.1) is 0 Å². The highest BCUT2D eigenvalue weighted by Crippen LogP contribution is 2.27. The van der Waals surface area contributed by atoms with Crippen LogP contribution in [0.3, 0.4) is 0 Å². The van der Waals surface area contributed by atoms with Gasteiger partial charge in [0.15, 0.2) is 0 Å². The number of benzene rings is 1. The molecule has 2 heteroatoms. The molecule has 0 aliphatic rings. The number of Topliss-reactive ketones (excluding diaryl/α,β-unsaturated/α-hetero) is 1. The molecule has 1 aromatic carbocycles. The van der Waals surface area contributed by atoms with Crippen molar-refractivity contribution >= 4 is 16.7 Å². The second kappa shape index (κ2) is 4.74. The lowest BCUT2D eigenvalue weighted by Gasteiger charge is -2.14. The summed E-state index contributed by atoms with van der Waals surface area (Å²) in [6.07, 6.45) is 3.72. The average Bonchev–Trinajstić information content (AvgIpc) is 2.67. The first-order valence-electron chi connectivity index (χ1n) is 6.16. The van der Waals surface area contributed by atoms with Crippen LogP contribution in [0.15, 0.2) is 30.5 Å². The second-order valence-corrected chi connectivity index (χ2v) is 4.76. The van der Waals surface area contributed by atoms with Crippen LogP contribution in [0.4, 0.5) is 0 Å². The summed E-state index contributed by atoms with van der Waals surface area (Å²) in [5.74, 6) is 0.621. The lowest BCUT2D eigenvalue weighted by Crippen LogP contribution is -2.03. The topological polar surface area (TPSA) is 22.0 Å². The Morgan fingerprint density at radius 3 is 2.76 bits per heavy atom. The molecule has 2 rings (SSSR count). The maximum absolute atomic E-state index is 11.3. The fraction of sp³-hybridized carbons (Fsp3) is 0.400. The van der Waals surface area contributed by atoms with Gasteiger partial charge in [0.25, 0.3) is 0 Å². The minimum Gasteiger partial charge on any atom is -0.351 e. The number of nitrogens with zero attached hydrogens (tertiary/aromatic N) is 1. The van der Waals surface area contributed by atoms with Gasteiger partial charge in [0, 0.05) is 25.2 Å². The number of rotatable bonds is 4. The summed E-state index contributed by atoms with van der Waals surface area (Å²) < 4.78 is 2.12. The van der Waals surface area contributed by atoms with E-state index in [1.807, 2.05) is 0 Å². The van der Waals surface area contributed by atoms with Gasteiger partial charge < -0.3 is 9.36 Å². The fourth-order valence-corrected chi connectivity index (χ4v) is 2.38. The van der Waals surface area contributed by atoms with Gasteiger partial charge in [-0.05, 0) is 42.3 Å². The summed E-state index contributed by atoms with van der Waals surface area (Å²) in [4.78, 5) is 11.3. The fourth-order valence-electron chi connectivity index (χ4n) is 2.38. The van der Waals surface area contributed by atoms with Crippen LogP contribution in [-0.2, 0) is 11.8 Å². The summed E-state index contributed by atoms with van der Waals surface area (Å²) in [6.45, 7) is 3.81. The van der Waals surface area contributed by atoms with Crippen molar-refractivity contribution in [1.82, 2.24) is 4.57 Å². The highest BCUT2D eigenvalue weighted by Gasteiger charge is 2.12. The molecular weight excluding hydrogens is 210 g/mol. The normalized spacial score (nSPS) is 12.9. The van der Waals surface area contributed by atoms with E-state index in [2.05, 4.69) is 49.0 Å². The Morgan fingerprint density at radius 1 is 1.35 bits per heavy atom. The van der Waals surface area contributed by atoms with E-state index in [1.165, 1.54) is 16.5 Å². The van der Waals surface area contributed by atoms with Crippen LogP contribution in [0.25, 0.3) is 10.9 Å². The molecule has 0 aliphatic carbocycles. The smallest absolute Gasteiger partial charge is 0.130 e. The van der Waals surface area contributed by atoms with E-state index in [-0.39, 0.29) is 5.78 Å². The number of carbonyl (C=O) groups is 1. The van der Waals surface area contributed by atoms with Gasteiger partial charge in [-0.15, -0.1) is 0 Å². The van der Waals surface area contributed by atoms with Crippen molar-refractivity contribution in [2.45, 2.75) is 32.6 Å². The Hall–Kier alpha value is -1.57. The predicted octanol–water partition coefficient (Wildman–Crippen LogP) is 3.65. The van der Waals surface area contributed by atoms with E-state index >= 15 is 0 Å². The minimum absolute atomic E-state index is 0.267. The standard InChI is InChI=1S/C15H19NO/c1-4-12(9-11(2)17)14-6-5-13-7-8-16(3)15(13)10-14/h5-8,10,12H,4,9H2,1-3H3. The van der Waals surface area contributed by atoms with Crippen molar-refractivity contribution in [1.29, 1.82) is 0 Å². The summed E-state index contributed by atoms with van der Waals surface area (Å²) in [5, 5.41) is 1.26. The van der Waals surface area contributed by atoms with Gasteiger partial charge in [-0.3, -0.25) is 0 Å². The number of hydrogen-bond donors (Lipinski definition) is 0. The summed E-state index contributed by atoms with van der Waals surface area (Å²) in [6, 6.07) is 8.63. The molecule has 1 atom stereocenters. The number of aromatic nitrogens is 1. The number of fused-ring (bicyclic) bond motifs is 1. The van der Waals surface area contributed by atoms with E-state index in [9.17, 15) is 4.79 Å². The largest absolute Gasteiger partial charge is 0.351 e. The van der Waals surface area contributed by atoms with Crippen LogP contribution < -0.4 is 0 Å².